The topological polar surface area (TPSA) is 96.6 Å². The molecule has 0 fully saturated rings. The van der Waals surface area contributed by atoms with E-state index in [4.69, 9.17) is 19.6 Å². The van der Waals surface area contributed by atoms with Crippen molar-refractivity contribution < 1.29 is 19.0 Å². The number of ether oxygens (including phenoxy) is 3. The van der Waals surface area contributed by atoms with Gasteiger partial charge < -0.3 is 14.2 Å². The Balaban J connectivity index is 1.39. The quantitative estimate of drug-likeness (QED) is 0.308. The third-order valence-electron chi connectivity index (χ3n) is 6.13. The number of hydrogen-bond acceptors (Lipinski definition) is 7. The molecular weight excluding hydrogens is 488 g/mol. The number of hydrogen-bond donors (Lipinski definition) is 1. The monoisotopic (exact) mass is 520 g/mol. The lowest BCUT2D eigenvalue weighted by Crippen LogP contribution is -2.35. The summed E-state index contributed by atoms with van der Waals surface area (Å²) in [5, 5.41) is 15.6. The second-order valence-corrected chi connectivity index (χ2v) is 10.1. The van der Waals surface area contributed by atoms with Crippen molar-refractivity contribution in [1.82, 2.24) is 5.01 Å². The molecule has 4 rings (SSSR count). The van der Waals surface area contributed by atoms with Crippen LogP contribution in [-0.4, -0.2) is 47.3 Å². The van der Waals surface area contributed by atoms with Crippen LogP contribution in [0.15, 0.2) is 58.1 Å². The third kappa shape index (κ3) is 6.05. The number of carbonyl (C=O) groups excluding carboxylic acids is 1. The molecule has 0 radical (unpaired) electrons. The number of aliphatic imine (C=N–C) groups is 1. The van der Waals surface area contributed by atoms with Gasteiger partial charge in [-0.3, -0.25) is 10.2 Å². The summed E-state index contributed by atoms with van der Waals surface area (Å²) in [5.41, 5.74) is 2.16. The fraction of sp³-hybridized carbons (Fsp3) is 0.357. The van der Waals surface area contributed by atoms with Crippen molar-refractivity contribution in [1.29, 1.82) is 5.41 Å². The molecule has 1 N–H and O–H groups in total. The first-order valence-electron chi connectivity index (χ1n) is 12.3. The minimum absolute atomic E-state index is 0.00627. The number of benzene rings is 2. The Morgan fingerprint density at radius 2 is 1.78 bits per heavy atom. The van der Waals surface area contributed by atoms with E-state index in [1.54, 1.807) is 31.4 Å². The summed E-state index contributed by atoms with van der Waals surface area (Å²) in [7, 11) is 1.56. The van der Waals surface area contributed by atoms with Gasteiger partial charge in [-0.25, -0.2) is 0 Å². The normalized spacial score (nSPS) is 17.0. The molecule has 8 nitrogen and oxygen atoms in total. The van der Waals surface area contributed by atoms with Gasteiger partial charge in [-0.2, -0.15) is 15.1 Å². The maximum atomic E-state index is 12.7. The summed E-state index contributed by atoms with van der Waals surface area (Å²) < 4.78 is 17.2. The molecule has 37 heavy (non-hydrogen) atoms. The van der Waals surface area contributed by atoms with Crippen LogP contribution in [0, 0.1) is 11.3 Å². The summed E-state index contributed by atoms with van der Waals surface area (Å²) in [6.07, 6.45) is 2.72. The van der Waals surface area contributed by atoms with E-state index in [0.717, 1.165) is 17.2 Å². The zero-order valence-corrected chi connectivity index (χ0v) is 22.6. The Morgan fingerprint density at radius 3 is 2.46 bits per heavy atom. The van der Waals surface area contributed by atoms with E-state index >= 15 is 0 Å². The van der Waals surface area contributed by atoms with E-state index < -0.39 is 5.91 Å². The minimum atomic E-state index is -0.461. The molecule has 0 saturated heterocycles. The number of nitrogens with zero attached hydrogens (tertiary/aromatic N) is 3. The van der Waals surface area contributed by atoms with Crippen molar-refractivity contribution >= 4 is 39.8 Å². The molecule has 9 heteroatoms. The van der Waals surface area contributed by atoms with Crippen LogP contribution in [-0.2, 0) is 4.79 Å². The lowest BCUT2D eigenvalue weighted by molar-refractivity contribution is -0.114. The summed E-state index contributed by atoms with van der Waals surface area (Å²) in [5.74, 6) is 2.14. The highest BCUT2D eigenvalue weighted by molar-refractivity contribution is 8.27. The second-order valence-electron chi connectivity index (χ2n) is 9.10. The predicted molar refractivity (Wildman–Crippen MR) is 149 cm³/mol. The maximum Gasteiger partial charge on any atom is 0.283 e. The maximum absolute atomic E-state index is 12.7. The molecule has 2 aliphatic heterocycles. The van der Waals surface area contributed by atoms with Gasteiger partial charge in [-0.05, 0) is 65.6 Å². The zero-order chi connectivity index (χ0) is 26.5. The van der Waals surface area contributed by atoms with Gasteiger partial charge >= 0.3 is 0 Å². The number of thioether (sulfide) groups is 1. The SMILES string of the molecule is CC[C@H](C)c1ccc(OCCOc2ccc(/C=C3/C(=N)N4N=C(C(C)C)SC4=NC3=O)cc2OC)cc1. The predicted octanol–water partition coefficient (Wildman–Crippen LogP) is 5.94. The number of methoxy groups -OCH3 is 1. The Morgan fingerprint density at radius 1 is 1.05 bits per heavy atom. The number of nitrogens with one attached hydrogen (secondary N) is 1. The molecule has 2 aromatic rings. The Hall–Kier alpha value is -3.59. The van der Waals surface area contributed by atoms with Crippen molar-refractivity contribution in [2.24, 2.45) is 16.0 Å². The first-order chi connectivity index (χ1) is 17.8. The van der Waals surface area contributed by atoms with Gasteiger partial charge in [0.25, 0.3) is 5.91 Å². The third-order valence-corrected chi connectivity index (χ3v) is 7.34. The highest BCUT2D eigenvalue weighted by Gasteiger charge is 2.36. The van der Waals surface area contributed by atoms with Crippen molar-refractivity contribution in [2.45, 2.75) is 40.0 Å². The van der Waals surface area contributed by atoms with Gasteiger partial charge in [0.15, 0.2) is 17.3 Å². The standard InChI is InChI=1S/C28H32N4O4S/c1-6-18(4)20-8-10-21(11-9-20)35-13-14-36-23-12-7-19(16-24(23)34-5)15-22-25(29)32-28(30-26(22)33)37-27(31-32)17(2)3/h7-12,15-18,29H,6,13-14H2,1-5H3/b22-15-,29-25?/t18-/m0/s1. The van der Waals surface area contributed by atoms with Gasteiger partial charge in [-0.15, -0.1) is 0 Å². The molecule has 2 heterocycles. The Kier molecular flexibility index (Phi) is 8.33. The van der Waals surface area contributed by atoms with Crippen LogP contribution < -0.4 is 14.2 Å². The van der Waals surface area contributed by atoms with E-state index in [0.29, 0.717) is 41.4 Å². The van der Waals surface area contributed by atoms with Crippen LogP contribution in [0.5, 0.6) is 17.2 Å². The van der Waals surface area contributed by atoms with Crippen LogP contribution in [0.25, 0.3) is 6.08 Å². The Bertz CT molecular complexity index is 1270. The molecule has 1 atom stereocenters. The lowest BCUT2D eigenvalue weighted by Gasteiger charge is -2.20. The molecule has 1 amide bonds. The average Bonchev–Trinajstić information content (AvgIpc) is 3.34. The number of carbonyl (C=O) groups is 1. The minimum Gasteiger partial charge on any atom is -0.493 e. The first-order valence-corrected chi connectivity index (χ1v) is 13.2. The molecule has 0 bridgehead atoms. The van der Waals surface area contributed by atoms with Gasteiger partial charge in [0, 0.05) is 5.92 Å². The van der Waals surface area contributed by atoms with Gasteiger partial charge in [0.05, 0.1) is 12.7 Å². The van der Waals surface area contributed by atoms with Crippen LogP contribution >= 0.6 is 11.8 Å². The molecule has 2 aliphatic rings. The van der Waals surface area contributed by atoms with Crippen LogP contribution in [0.2, 0.25) is 0 Å². The molecule has 0 unspecified atom stereocenters. The van der Waals surface area contributed by atoms with Gasteiger partial charge in [-0.1, -0.05) is 45.9 Å². The smallest absolute Gasteiger partial charge is 0.283 e. The molecule has 0 saturated carbocycles. The van der Waals surface area contributed by atoms with E-state index in [1.807, 2.05) is 26.0 Å². The number of amides is 1. The zero-order valence-electron chi connectivity index (χ0n) is 21.8. The van der Waals surface area contributed by atoms with Gasteiger partial charge in [0.2, 0.25) is 5.17 Å². The fourth-order valence-corrected chi connectivity index (χ4v) is 4.63. The average molecular weight is 521 g/mol. The Labute approximate surface area is 221 Å². The van der Waals surface area contributed by atoms with Crippen LogP contribution in [0.3, 0.4) is 0 Å². The summed E-state index contributed by atoms with van der Waals surface area (Å²) in [6, 6.07) is 13.5. The summed E-state index contributed by atoms with van der Waals surface area (Å²) in [6.45, 7) is 9.14. The number of amidine groups is 2. The molecule has 0 spiro atoms. The highest BCUT2D eigenvalue weighted by atomic mass is 32.2. The second kappa shape index (κ2) is 11.6. The number of hydrazone groups is 1. The van der Waals surface area contributed by atoms with Crippen LogP contribution in [0.1, 0.15) is 51.2 Å². The first kappa shape index (κ1) is 26.5. The largest absolute Gasteiger partial charge is 0.493 e. The lowest BCUT2D eigenvalue weighted by atomic mass is 9.99. The van der Waals surface area contributed by atoms with E-state index in [1.165, 1.54) is 22.3 Å². The molecule has 0 aliphatic carbocycles. The van der Waals surface area contributed by atoms with Crippen molar-refractivity contribution in [2.75, 3.05) is 20.3 Å². The molecule has 0 aromatic heterocycles. The van der Waals surface area contributed by atoms with Crippen molar-refractivity contribution in [3.63, 3.8) is 0 Å². The van der Waals surface area contributed by atoms with Gasteiger partial charge in [0.1, 0.15) is 24.0 Å². The summed E-state index contributed by atoms with van der Waals surface area (Å²) in [4.78, 5) is 16.8. The molecule has 194 valence electrons. The van der Waals surface area contributed by atoms with Crippen molar-refractivity contribution in [3.8, 4) is 17.2 Å². The molecule has 2 aromatic carbocycles. The number of rotatable bonds is 10. The number of fused-ring (bicyclic) bond motifs is 1. The van der Waals surface area contributed by atoms with E-state index in [9.17, 15) is 4.79 Å². The summed E-state index contributed by atoms with van der Waals surface area (Å²) >= 11 is 1.33. The highest BCUT2D eigenvalue weighted by Crippen LogP contribution is 2.33. The van der Waals surface area contributed by atoms with E-state index in [2.05, 4.69) is 36.1 Å². The fourth-order valence-electron chi connectivity index (χ4n) is 3.74. The van der Waals surface area contributed by atoms with Crippen LogP contribution in [0.4, 0.5) is 0 Å². The van der Waals surface area contributed by atoms with Crippen molar-refractivity contribution in [3.05, 3.63) is 59.2 Å². The molecular formula is C28H32N4O4S. The van der Waals surface area contributed by atoms with E-state index in [-0.39, 0.29) is 17.3 Å².